The summed E-state index contributed by atoms with van der Waals surface area (Å²) < 4.78 is 5.06. The van der Waals surface area contributed by atoms with Gasteiger partial charge in [-0.15, -0.1) is 0 Å². The van der Waals surface area contributed by atoms with Crippen LogP contribution in [0, 0.1) is 0 Å². The Morgan fingerprint density at radius 2 is 2.50 bits per heavy atom. The van der Waals surface area contributed by atoms with Crippen molar-refractivity contribution in [3.63, 3.8) is 0 Å². The minimum atomic E-state index is -0.639. The largest absolute Gasteiger partial charge is 0.393 e. The van der Waals surface area contributed by atoms with Gasteiger partial charge in [0.05, 0.1) is 12.7 Å². The van der Waals surface area contributed by atoms with Crippen molar-refractivity contribution < 1.29 is 14.6 Å². The first kappa shape index (κ1) is 7.44. The molecule has 1 aliphatic heterocycles. The number of ketones is 1. The van der Waals surface area contributed by atoms with Crippen LogP contribution in [-0.4, -0.2) is 29.7 Å². The van der Waals surface area contributed by atoms with Crippen LogP contribution in [0.2, 0.25) is 0 Å². The first-order valence-electron chi connectivity index (χ1n) is 3.22. The molecule has 1 heterocycles. The standard InChI is InChI=1S/C7H10O3/c1-5-2-3-6(9)7(4-8)10-5/h2-3,5,7-8H,4H2,1H3/t5-,7+/m1/s1. The predicted octanol–water partition coefficient (Wildman–Crippen LogP) is -0.109. The third kappa shape index (κ3) is 1.43. The lowest BCUT2D eigenvalue weighted by Crippen LogP contribution is -2.33. The molecule has 10 heavy (non-hydrogen) atoms. The van der Waals surface area contributed by atoms with Crippen molar-refractivity contribution in [1.82, 2.24) is 0 Å². The number of hydrogen-bond donors (Lipinski definition) is 1. The van der Waals surface area contributed by atoms with Gasteiger partial charge in [0.2, 0.25) is 0 Å². The molecule has 1 N–H and O–H groups in total. The van der Waals surface area contributed by atoms with Gasteiger partial charge in [-0.05, 0) is 13.0 Å². The van der Waals surface area contributed by atoms with Crippen LogP contribution in [-0.2, 0) is 9.53 Å². The second-order valence-electron chi connectivity index (χ2n) is 2.27. The zero-order valence-corrected chi connectivity index (χ0v) is 5.78. The summed E-state index contributed by atoms with van der Waals surface area (Å²) in [6, 6.07) is 0. The third-order valence-corrected chi connectivity index (χ3v) is 1.39. The van der Waals surface area contributed by atoms with E-state index in [4.69, 9.17) is 9.84 Å². The fraction of sp³-hybridized carbons (Fsp3) is 0.571. The van der Waals surface area contributed by atoms with E-state index in [9.17, 15) is 4.79 Å². The zero-order valence-electron chi connectivity index (χ0n) is 5.78. The molecule has 56 valence electrons. The summed E-state index contributed by atoms with van der Waals surface area (Å²) in [5.74, 6) is -0.152. The van der Waals surface area contributed by atoms with Gasteiger partial charge in [0.15, 0.2) is 5.78 Å². The predicted molar refractivity (Wildman–Crippen MR) is 35.6 cm³/mol. The van der Waals surface area contributed by atoms with Gasteiger partial charge < -0.3 is 9.84 Å². The van der Waals surface area contributed by atoms with Gasteiger partial charge in [-0.25, -0.2) is 0 Å². The van der Waals surface area contributed by atoms with E-state index in [-0.39, 0.29) is 18.5 Å². The normalized spacial score (nSPS) is 32.8. The highest BCUT2D eigenvalue weighted by atomic mass is 16.5. The molecule has 1 aliphatic rings. The average Bonchev–Trinajstić information content (AvgIpc) is 1.94. The maximum absolute atomic E-state index is 10.8. The monoisotopic (exact) mass is 142 g/mol. The minimum absolute atomic E-state index is 0.0603. The summed E-state index contributed by atoms with van der Waals surface area (Å²) in [6.45, 7) is 1.60. The molecule has 0 aliphatic carbocycles. The van der Waals surface area contributed by atoms with Gasteiger partial charge in [-0.2, -0.15) is 0 Å². The summed E-state index contributed by atoms with van der Waals surface area (Å²) in [4.78, 5) is 10.8. The molecule has 0 amide bonds. The fourth-order valence-corrected chi connectivity index (χ4v) is 0.842. The van der Waals surface area contributed by atoms with Crippen molar-refractivity contribution in [2.75, 3.05) is 6.61 Å². The lowest BCUT2D eigenvalue weighted by atomic mass is 10.1. The molecule has 3 heteroatoms. The van der Waals surface area contributed by atoms with E-state index in [0.717, 1.165) is 0 Å². The number of hydrogen-bond acceptors (Lipinski definition) is 3. The highest BCUT2D eigenvalue weighted by Crippen LogP contribution is 2.07. The van der Waals surface area contributed by atoms with Crippen molar-refractivity contribution in [2.24, 2.45) is 0 Å². The lowest BCUT2D eigenvalue weighted by molar-refractivity contribution is -0.132. The highest BCUT2D eigenvalue weighted by Gasteiger charge is 2.21. The van der Waals surface area contributed by atoms with Crippen LogP contribution in [0.1, 0.15) is 6.92 Å². The Hall–Kier alpha value is -0.670. The quantitative estimate of drug-likeness (QED) is 0.555. The summed E-state index contributed by atoms with van der Waals surface area (Å²) >= 11 is 0. The molecule has 3 nitrogen and oxygen atoms in total. The van der Waals surface area contributed by atoms with E-state index in [1.807, 2.05) is 6.92 Å². The van der Waals surface area contributed by atoms with E-state index >= 15 is 0 Å². The van der Waals surface area contributed by atoms with E-state index in [1.165, 1.54) is 6.08 Å². The van der Waals surface area contributed by atoms with Gasteiger partial charge >= 0.3 is 0 Å². The highest BCUT2D eigenvalue weighted by molar-refractivity contribution is 5.94. The minimum Gasteiger partial charge on any atom is -0.393 e. The van der Waals surface area contributed by atoms with Gasteiger partial charge in [-0.3, -0.25) is 4.79 Å². The summed E-state index contributed by atoms with van der Waals surface area (Å²) in [5.41, 5.74) is 0. The molecule has 0 spiro atoms. The first-order chi connectivity index (χ1) is 4.74. The van der Waals surface area contributed by atoms with Crippen LogP contribution >= 0.6 is 0 Å². The zero-order chi connectivity index (χ0) is 7.56. The number of aliphatic hydroxyl groups excluding tert-OH is 1. The molecule has 0 radical (unpaired) electrons. The maximum atomic E-state index is 10.8. The maximum Gasteiger partial charge on any atom is 0.186 e. The molecular weight excluding hydrogens is 132 g/mol. The first-order valence-corrected chi connectivity index (χ1v) is 3.22. The van der Waals surface area contributed by atoms with Crippen molar-refractivity contribution >= 4 is 5.78 Å². The van der Waals surface area contributed by atoms with Gasteiger partial charge in [0.1, 0.15) is 6.10 Å². The van der Waals surface area contributed by atoms with Crippen LogP contribution in [0.4, 0.5) is 0 Å². The van der Waals surface area contributed by atoms with Crippen molar-refractivity contribution in [3.05, 3.63) is 12.2 Å². The Morgan fingerprint density at radius 3 is 3.00 bits per heavy atom. The molecule has 0 aromatic rings. The van der Waals surface area contributed by atoms with Crippen LogP contribution in [0.25, 0.3) is 0 Å². The summed E-state index contributed by atoms with van der Waals surface area (Å²) in [7, 11) is 0. The van der Waals surface area contributed by atoms with Gasteiger partial charge in [0.25, 0.3) is 0 Å². The van der Waals surface area contributed by atoms with E-state index in [2.05, 4.69) is 0 Å². The van der Waals surface area contributed by atoms with E-state index in [1.54, 1.807) is 6.08 Å². The van der Waals surface area contributed by atoms with E-state index in [0.29, 0.717) is 0 Å². The number of carbonyl (C=O) groups is 1. The van der Waals surface area contributed by atoms with Gasteiger partial charge in [-0.1, -0.05) is 6.08 Å². The molecular formula is C7H10O3. The Morgan fingerprint density at radius 1 is 1.80 bits per heavy atom. The number of carbonyl (C=O) groups excluding carboxylic acids is 1. The number of ether oxygens (including phenoxy) is 1. The second-order valence-corrected chi connectivity index (χ2v) is 2.27. The summed E-state index contributed by atoms with van der Waals surface area (Å²) in [6.07, 6.45) is 2.43. The second kappa shape index (κ2) is 2.94. The topological polar surface area (TPSA) is 46.5 Å². The Kier molecular flexibility index (Phi) is 2.19. The lowest BCUT2D eigenvalue weighted by Gasteiger charge is -2.19. The van der Waals surface area contributed by atoms with Crippen molar-refractivity contribution in [3.8, 4) is 0 Å². The van der Waals surface area contributed by atoms with E-state index < -0.39 is 6.10 Å². The molecule has 2 atom stereocenters. The number of aliphatic hydroxyl groups is 1. The van der Waals surface area contributed by atoms with Gasteiger partial charge in [0, 0.05) is 0 Å². The molecule has 0 aromatic carbocycles. The molecule has 0 saturated carbocycles. The third-order valence-electron chi connectivity index (χ3n) is 1.39. The average molecular weight is 142 g/mol. The van der Waals surface area contributed by atoms with Crippen LogP contribution in [0.15, 0.2) is 12.2 Å². The van der Waals surface area contributed by atoms with Crippen LogP contribution < -0.4 is 0 Å². The molecule has 1 rings (SSSR count). The van der Waals surface area contributed by atoms with Crippen molar-refractivity contribution in [2.45, 2.75) is 19.1 Å². The molecule has 0 aromatic heterocycles. The molecule has 0 unspecified atom stereocenters. The Labute approximate surface area is 59.3 Å². The number of rotatable bonds is 1. The smallest absolute Gasteiger partial charge is 0.186 e. The Balaban J connectivity index is 2.62. The molecule has 0 saturated heterocycles. The SMILES string of the molecule is C[C@@H]1C=CC(=O)[C@H](CO)O1. The molecule has 0 fully saturated rings. The summed E-state index contributed by atoms with van der Waals surface area (Å²) in [5, 5.41) is 8.60. The van der Waals surface area contributed by atoms with Crippen LogP contribution in [0.3, 0.4) is 0 Å². The fourth-order valence-electron chi connectivity index (χ4n) is 0.842. The van der Waals surface area contributed by atoms with Crippen molar-refractivity contribution in [1.29, 1.82) is 0 Å². The Bertz CT molecular complexity index is 162. The molecule has 0 bridgehead atoms. The van der Waals surface area contributed by atoms with Crippen LogP contribution in [0.5, 0.6) is 0 Å².